The minimum absolute atomic E-state index is 0.0912. The Labute approximate surface area is 143 Å². The van der Waals surface area contributed by atoms with E-state index in [1.165, 1.54) is 13.3 Å². The minimum Gasteiger partial charge on any atom is -0.504 e. The SMILES string of the molecule is COc1cc(Br)cc(C=NN=C2NC(=O)C(CC(=O)O)S2)c1O. The topological polar surface area (TPSA) is 121 Å². The molecule has 1 heterocycles. The third-order valence-electron chi connectivity index (χ3n) is 2.77. The zero-order valence-electron chi connectivity index (χ0n) is 11.8. The Morgan fingerprint density at radius 3 is 2.96 bits per heavy atom. The highest BCUT2D eigenvalue weighted by Gasteiger charge is 2.32. The van der Waals surface area contributed by atoms with Crippen LogP contribution in [0.2, 0.25) is 0 Å². The largest absolute Gasteiger partial charge is 0.504 e. The van der Waals surface area contributed by atoms with Gasteiger partial charge in [0.05, 0.1) is 19.7 Å². The van der Waals surface area contributed by atoms with Gasteiger partial charge in [0.25, 0.3) is 0 Å². The molecule has 1 unspecified atom stereocenters. The Balaban J connectivity index is 2.12. The fourth-order valence-electron chi connectivity index (χ4n) is 1.74. The first-order valence-corrected chi connectivity index (χ1v) is 7.94. The molecule has 1 atom stereocenters. The normalized spacial score (nSPS) is 19.3. The fraction of sp³-hybridized carbons (Fsp3) is 0.231. The summed E-state index contributed by atoms with van der Waals surface area (Å²) in [6.07, 6.45) is 1.01. The molecule has 1 saturated heterocycles. The van der Waals surface area contributed by atoms with Crippen LogP contribution in [-0.4, -0.2) is 45.8 Å². The number of phenolic OH excluding ortho intramolecular Hbond substituents is 1. The van der Waals surface area contributed by atoms with Crippen LogP contribution >= 0.6 is 27.7 Å². The molecule has 3 N–H and O–H groups in total. The van der Waals surface area contributed by atoms with Crippen molar-refractivity contribution in [2.24, 2.45) is 10.2 Å². The van der Waals surface area contributed by atoms with Gasteiger partial charge in [0.2, 0.25) is 5.91 Å². The average Bonchev–Trinajstić information content (AvgIpc) is 2.81. The number of thioether (sulfide) groups is 1. The van der Waals surface area contributed by atoms with Gasteiger partial charge >= 0.3 is 5.97 Å². The van der Waals surface area contributed by atoms with Crippen LogP contribution in [0.15, 0.2) is 26.8 Å². The van der Waals surface area contributed by atoms with Crippen molar-refractivity contribution in [2.75, 3.05) is 7.11 Å². The van der Waals surface area contributed by atoms with Gasteiger partial charge in [0, 0.05) is 10.0 Å². The predicted molar refractivity (Wildman–Crippen MR) is 89.2 cm³/mol. The summed E-state index contributed by atoms with van der Waals surface area (Å²) in [5.74, 6) is -1.29. The number of carbonyl (C=O) groups is 2. The van der Waals surface area contributed by atoms with Crippen LogP contribution in [-0.2, 0) is 9.59 Å². The molecule has 2 rings (SSSR count). The van der Waals surface area contributed by atoms with Crippen molar-refractivity contribution in [1.82, 2.24) is 5.32 Å². The Bertz CT molecular complexity index is 707. The number of amidine groups is 1. The number of hydrogen-bond acceptors (Lipinski definition) is 7. The van der Waals surface area contributed by atoms with Crippen LogP contribution in [0.1, 0.15) is 12.0 Å². The Morgan fingerprint density at radius 1 is 1.57 bits per heavy atom. The van der Waals surface area contributed by atoms with Gasteiger partial charge in [-0.1, -0.05) is 27.7 Å². The molecule has 122 valence electrons. The molecular weight excluding hydrogens is 390 g/mol. The molecule has 1 aliphatic heterocycles. The van der Waals surface area contributed by atoms with Gasteiger partial charge in [-0.3, -0.25) is 9.59 Å². The number of aliphatic carboxylic acids is 1. The number of carbonyl (C=O) groups excluding carboxylic acids is 1. The molecule has 0 aromatic heterocycles. The number of halogens is 1. The quantitative estimate of drug-likeness (QED) is 0.508. The number of methoxy groups -OCH3 is 1. The number of amides is 1. The third kappa shape index (κ3) is 4.45. The summed E-state index contributed by atoms with van der Waals surface area (Å²) in [5.41, 5.74) is 0.372. The minimum atomic E-state index is -1.06. The van der Waals surface area contributed by atoms with Crippen molar-refractivity contribution in [3.8, 4) is 11.5 Å². The Kier molecular flexibility index (Phi) is 5.61. The first-order chi connectivity index (χ1) is 10.9. The lowest BCUT2D eigenvalue weighted by atomic mass is 10.2. The molecule has 1 amide bonds. The highest BCUT2D eigenvalue weighted by Crippen LogP contribution is 2.32. The number of benzene rings is 1. The summed E-state index contributed by atoms with van der Waals surface area (Å²) in [6, 6.07) is 3.22. The molecule has 0 bridgehead atoms. The van der Waals surface area contributed by atoms with Gasteiger partial charge in [0.1, 0.15) is 5.25 Å². The van der Waals surface area contributed by atoms with E-state index in [0.717, 1.165) is 11.8 Å². The van der Waals surface area contributed by atoms with Crippen molar-refractivity contribution >= 4 is 51.0 Å². The third-order valence-corrected chi connectivity index (χ3v) is 4.30. The van der Waals surface area contributed by atoms with Crippen molar-refractivity contribution in [1.29, 1.82) is 0 Å². The highest BCUT2D eigenvalue weighted by molar-refractivity contribution is 9.10. The summed E-state index contributed by atoms with van der Waals surface area (Å²) in [5, 5.41) is 28.2. The van der Waals surface area contributed by atoms with E-state index in [2.05, 4.69) is 31.4 Å². The number of phenols is 1. The van der Waals surface area contributed by atoms with E-state index in [0.29, 0.717) is 10.0 Å². The standard InChI is InChI=1S/C13H12BrN3O5S/c1-22-8-3-7(14)2-6(11(8)20)5-15-17-13-16-12(21)9(23-13)4-10(18)19/h2-3,5,9,20H,4H2,1H3,(H,18,19)(H,16,17,21). The lowest BCUT2D eigenvalue weighted by Crippen LogP contribution is -2.26. The molecule has 0 saturated carbocycles. The monoisotopic (exact) mass is 401 g/mol. The lowest BCUT2D eigenvalue weighted by molar-refractivity contribution is -0.138. The molecule has 23 heavy (non-hydrogen) atoms. The van der Waals surface area contributed by atoms with Crippen LogP contribution in [0.5, 0.6) is 11.5 Å². The number of nitrogens with one attached hydrogen (secondary N) is 1. The highest BCUT2D eigenvalue weighted by atomic mass is 79.9. The van der Waals surface area contributed by atoms with E-state index in [1.54, 1.807) is 12.1 Å². The number of aromatic hydroxyl groups is 1. The Hall–Kier alpha value is -2.07. The second-order valence-corrected chi connectivity index (χ2v) is 6.50. The maximum absolute atomic E-state index is 11.5. The molecule has 1 aromatic carbocycles. The zero-order chi connectivity index (χ0) is 17.0. The predicted octanol–water partition coefficient (Wildman–Crippen LogP) is 1.56. The molecule has 8 nitrogen and oxygen atoms in total. The smallest absolute Gasteiger partial charge is 0.305 e. The fourth-order valence-corrected chi connectivity index (χ4v) is 3.11. The van der Waals surface area contributed by atoms with Crippen LogP contribution in [0, 0.1) is 0 Å². The number of nitrogens with zero attached hydrogens (tertiary/aromatic N) is 2. The van der Waals surface area contributed by atoms with Gasteiger partial charge in [-0.15, -0.1) is 5.10 Å². The van der Waals surface area contributed by atoms with Crippen LogP contribution < -0.4 is 10.1 Å². The van der Waals surface area contributed by atoms with E-state index in [4.69, 9.17) is 9.84 Å². The van der Waals surface area contributed by atoms with Gasteiger partial charge in [-0.05, 0) is 12.1 Å². The van der Waals surface area contributed by atoms with Crippen molar-refractivity contribution in [3.63, 3.8) is 0 Å². The summed E-state index contributed by atoms with van der Waals surface area (Å²) >= 11 is 4.27. The van der Waals surface area contributed by atoms with Gasteiger partial charge < -0.3 is 20.3 Å². The number of ether oxygens (including phenoxy) is 1. The number of hydrogen-bond donors (Lipinski definition) is 3. The van der Waals surface area contributed by atoms with E-state index >= 15 is 0 Å². The van der Waals surface area contributed by atoms with Gasteiger partial charge in [-0.25, -0.2) is 0 Å². The molecular formula is C13H12BrN3O5S. The second-order valence-electron chi connectivity index (χ2n) is 4.39. The van der Waals surface area contributed by atoms with Crippen LogP contribution in [0.4, 0.5) is 0 Å². The van der Waals surface area contributed by atoms with Crippen molar-refractivity contribution in [3.05, 3.63) is 22.2 Å². The molecule has 1 fully saturated rings. The molecule has 1 aliphatic rings. The zero-order valence-corrected chi connectivity index (χ0v) is 14.2. The van der Waals surface area contributed by atoms with Gasteiger partial charge in [-0.2, -0.15) is 5.10 Å². The van der Waals surface area contributed by atoms with E-state index in [-0.39, 0.29) is 23.1 Å². The number of rotatable bonds is 5. The summed E-state index contributed by atoms with van der Waals surface area (Å²) in [6.45, 7) is 0. The average molecular weight is 402 g/mol. The maximum Gasteiger partial charge on any atom is 0.305 e. The van der Waals surface area contributed by atoms with Crippen molar-refractivity contribution < 1.29 is 24.5 Å². The summed E-state index contributed by atoms with van der Waals surface area (Å²) in [7, 11) is 1.43. The lowest BCUT2D eigenvalue weighted by Gasteiger charge is -2.06. The first kappa shape index (κ1) is 17.3. The van der Waals surface area contributed by atoms with Crippen LogP contribution in [0.3, 0.4) is 0 Å². The van der Waals surface area contributed by atoms with E-state index < -0.39 is 17.1 Å². The first-order valence-electron chi connectivity index (χ1n) is 6.27. The summed E-state index contributed by atoms with van der Waals surface area (Å²) in [4.78, 5) is 22.2. The van der Waals surface area contributed by atoms with Gasteiger partial charge in [0.15, 0.2) is 16.7 Å². The number of carboxylic acid groups (broad SMARTS) is 1. The maximum atomic E-state index is 11.5. The molecule has 10 heteroatoms. The second kappa shape index (κ2) is 7.47. The number of carboxylic acids is 1. The molecule has 1 aromatic rings. The Morgan fingerprint density at radius 2 is 2.30 bits per heavy atom. The van der Waals surface area contributed by atoms with E-state index in [9.17, 15) is 14.7 Å². The van der Waals surface area contributed by atoms with E-state index in [1.807, 2.05) is 0 Å². The van der Waals surface area contributed by atoms with Crippen LogP contribution in [0.25, 0.3) is 0 Å². The molecule has 0 aliphatic carbocycles. The summed E-state index contributed by atoms with van der Waals surface area (Å²) < 4.78 is 5.70. The molecule has 0 radical (unpaired) electrons. The van der Waals surface area contributed by atoms with Crippen molar-refractivity contribution in [2.45, 2.75) is 11.7 Å². The molecule has 0 spiro atoms.